The summed E-state index contributed by atoms with van der Waals surface area (Å²) in [6, 6.07) is 9.93. The van der Waals surface area contributed by atoms with Crippen molar-refractivity contribution in [2.45, 2.75) is 19.1 Å². The van der Waals surface area contributed by atoms with Gasteiger partial charge in [-0.1, -0.05) is 12.1 Å². The minimum atomic E-state index is -0.909. The van der Waals surface area contributed by atoms with Gasteiger partial charge in [0.25, 0.3) is 0 Å². The molecule has 116 valence electrons. The first-order valence-electron chi connectivity index (χ1n) is 7.35. The molecule has 1 fully saturated rings. The second kappa shape index (κ2) is 6.29. The van der Waals surface area contributed by atoms with Crippen molar-refractivity contribution >= 4 is 5.97 Å². The SMILES string of the molecule is O=C(O)[C@H]1CCN(Cc2cccc(-n3cccn3)c2)C[C@H]1O. The summed E-state index contributed by atoms with van der Waals surface area (Å²) in [5.74, 6) is -1.56. The number of aliphatic hydroxyl groups excluding tert-OH is 1. The number of aliphatic carboxylic acids is 1. The van der Waals surface area contributed by atoms with Crippen LogP contribution in [0.5, 0.6) is 0 Å². The lowest BCUT2D eigenvalue weighted by Gasteiger charge is -2.33. The monoisotopic (exact) mass is 301 g/mol. The van der Waals surface area contributed by atoms with Gasteiger partial charge in [0.1, 0.15) is 0 Å². The standard InChI is InChI=1S/C16H19N3O3/c20-15-11-18(8-5-14(15)16(21)22)10-12-3-1-4-13(9-12)19-7-2-6-17-19/h1-4,6-7,9,14-15,20H,5,8,10-11H2,(H,21,22)/t14-,15+/m0/s1. The van der Waals surface area contributed by atoms with Crippen molar-refractivity contribution in [2.75, 3.05) is 13.1 Å². The van der Waals surface area contributed by atoms with Gasteiger partial charge in [-0.2, -0.15) is 5.10 Å². The van der Waals surface area contributed by atoms with E-state index in [4.69, 9.17) is 5.11 Å². The highest BCUT2D eigenvalue weighted by molar-refractivity contribution is 5.70. The molecule has 0 aliphatic carbocycles. The van der Waals surface area contributed by atoms with Crippen LogP contribution in [-0.2, 0) is 11.3 Å². The molecule has 1 aliphatic rings. The van der Waals surface area contributed by atoms with Gasteiger partial charge in [0, 0.05) is 25.5 Å². The Hall–Kier alpha value is -2.18. The normalized spacial score (nSPS) is 22.6. The number of hydrogen-bond acceptors (Lipinski definition) is 4. The Kier molecular flexibility index (Phi) is 4.22. The molecule has 0 spiro atoms. The van der Waals surface area contributed by atoms with Crippen LogP contribution in [0.2, 0.25) is 0 Å². The largest absolute Gasteiger partial charge is 0.481 e. The van der Waals surface area contributed by atoms with Gasteiger partial charge < -0.3 is 10.2 Å². The Morgan fingerprint density at radius 3 is 2.91 bits per heavy atom. The van der Waals surface area contributed by atoms with Crippen LogP contribution in [0.4, 0.5) is 0 Å². The van der Waals surface area contributed by atoms with Crippen LogP contribution in [0, 0.1) is 5.92 Å². The highest BCUT2D eigenvalue weighted by Gasteiger charge is 2.32. The zero-order chi connectivity index (χ0) is 15.5. The van der Waals surface area contributed by atoms with Crippen molar-refractivity contribution in [2.24, 2.45) is 5.92 Å². The highest BCUT2D eigenvalue weighted by atomic mass is 16.4. The van der Waals surface area contributed by atoms with Crippen molar-refractivity contribution in [1.29, 1.82) is 0 Å². The molecule has 2 atom stereocenters. The lowest BCUT2D eigenvalue weighted by molar-refractivity contribution is -0.148. The smallest absolute Gasteiger partial charge is 0.309 e. The molecule has 22 heavy (non-hydrogen) atoms. The van der Waals surface area contributed by atoms with Crippen LogP contribution in [0.1, 0.15) is 12.0 Å². The van der Waals surface area contributed by atoms with Crippen LogP contribution >= 0.6 is 0 Å². The van der Waals surface area contributed by atoms with Gasteiger partial charge in [0.15, 0.2) is 0 Å². The van der Waals surface area contributed by atoms with Gasteiger partial charge >= 0.3 is 5.97 Å². The first kappa shape index (κ1) is 14.7. The molecule has 2 heterocycles. The number of likely N-dealkylation sites (tertiary alicyclic amines) is 1. The third-order valence-corrected chi connectivity index (χ3v) is 4.07. The molecule has 2 aromatic rings. The summed E-state index contributed by atoms with van der Waals surface area (Å²) in [6.07, 6.45) is 3.30. The second-order valence-corrected chi connectivity index (χ2v) is 5.66. The number of β-amino-alcohol motifs (C(OH)–C–C–N with tert-alkyl or cyclic N) is 1. The van der Waals surface area contributed by atoms with Crippen molar-refractivity contribution in [3.8, 4) is 5.69 Å². The molecule has 0 saturated carbocycles. The number of piperidine rings is 1. The van der Waals surface area contributed by atoms with Crippen LogP contribution < -0.4 is 0 Å². The quantitative estimate of drug-likeness (QED) is 0.885. The number of hydrogen-bond donors (Lipinski definition) is 2. The van der Waals surface area contributed by atoms with E-state index in [2.05, 4.69) is 16.1 Å². The average Bonchev–Trinajstić information content (AvgIpc) is 3.01. The minimum absolute atomic E-state index is 0.392. The number of carbonyl (C=O) groups is 1. The summed E-state index contributed by atoms with van der Waals surface area (Å²) < 4.78 is 1.80. The molecule has 1 aromatic carbocycles. The predicted octanol–water partition coefficient (Wildman–Crippen LogP) is 1.14. The Labute approximate surface area is 128 Å². The predicted molar refractivity (Wildman–Crippen MR) is 80.6 cm³/mol. The summed E-state index contributed by atoms with van der Waals surface area (Å²) in [5, 5.41) is 23.2. The van der Waals surface area contributed by atoms with E-state index in [-0.39, 0.29) is 0 Å². The first-order valence-corrected chi connectivity index (χ1v) is 7.35. The Morgan fingerprint density at radius 2 is 2.23 bits per heavy atom. The van der Waals surface area contributed by atoms with Crippen molar-refractivity contribution in [3.63, 3.8) is 0 Å². The number of aromatic nitrogens is 2. The Morgan fingerprint density at radius 1 is 1.36 bits per heavy atom. The average molecular weight is 301 g/mol. The van der Waals surface area contributed by atoms with Gasteiger partial charge in [0.2, 0.25) is 0 Å². The van der Waals surface area contributed by atoms with Crippen molar-refractivity contribution in [1.82, 2.24) is 14.7 Å². The summed E-state index contributed by atoms with van der Waals surface area (Å²) in [4.78, 5) is 13.1. The Bertz CT molecular complexity index is 642. The molecule has 0 radical (unpaired) electrons. The van der Waals surface area contributed by atoms with E-state index in [9.17, 15) is 9.90 Å². The fourth-order valence-corrected chi connectivity index (χ4v) is 2.91. The van der Waals surface area contributed by atoms with Crippen LogP contribution in [0.3, 0.4) is 0 Å². The number of rotatable bonds is 4. The molecule has 2 N–H and O–H groups in total. The van der Waals surface area contributed by atoms with E-state index in [0.717, 1.165) is 11.3 Å². The zero-order valence-corrected chi connectivity index (χ0v) is 12.2. The summed E-state index contributed by atoms with van der Waals surface area (Å²) in [7, 11) is 0. The zero-order valence-electron chi connectivity index (χ0n) is 12.2. The molecule has 6 nitrogen and oxygen atoms in total. The fourth-order valence-electron chi connectivity index (χ4n) is 2.91. The lowest BCUT2D eigenvalue weighted by Crippen LogP contribution is -2.46. The molecular weight excluding hydrogens is 282 g/mol. The van der Waals surface area contributed by atoms with E-state index < -0.39 is 18.0 Å². The lowest BCUT2D eigenvalue weighted by atomic mass is 9.94. The van der Waals surface area contributed by atoms with E-state index in [1.807, 2.05) is 30.5 Å². The molecule has 0 unspecified atom stereocenters. The van der Waals surface area contributed by atoms with E-state index in [1.54, 1.807) is 10.9 Å². The molecular formula is C16H19N3O3. The molecule has 6 heteroatoms. The second-order valence-electron chi connectivity index (χ2n) is 5.66. The minimum Gasteiger partial charge on any atom is -0.481 e. The third-order valence-electron chi connectivity index (χ3n) is 4.07. The Balaban J connectivity index is 1.67. The molecule has 0 amide bonds. The maximum Gasteiger partial charge on any atom is 0.309 e. The van der Waals surface area contributed by atoms with E-state index in [0.29, 0.717) is 26.1 Å². The van der Waals surface area contributed by atoms with Crippen LogP contribution in [-0.4, -0.2) is 50.1 Å². The first-order chi connectivity index (χ1) is 10.6. The third kappa shape index (κ3) is 3.18. The van der Waals surface area contributed by atoms with Crippen molar-refractivity contribution in [3.05, 3.63) is 48.3 Å². The van der Waals surface area contributed by atoms with Crippen LogP contribution in [0.25, 0.3) is 5.69 Å². The van der Waals surface area contributed by atoms with Crippen molar-refractivity contribution < 1.29 is 15.0 Å². The van der Waals surface area contributed by atoms with Gasteiger partial charge in [-0.05, 0) is 36.7 Å². The molecule has 1 saturated heterocycles. The summed E-state index contributed by atoms with van der Waals surface area (Å²) in [6.45, 7) is 1.77. The maximum absolute atomic E-state index is 11.0. The number of carboxylic acids is 1. The molecule has 3 rings (SSSR count). The fraction of sp³-hybridized carbons (Fsp3) is 0.375. The number of carboxylic acid groups (broad SMARTS) is 1. The number of aliphatic hydroxyl groups is 1. The van der Waals surface area contributed by atoms with E-state index in [1.165, 1.54) is 0 Å². The molecule has 1 aliphatic heterocycles. The number of benzene rings is 1. The van der Waals surface area contributed by atoms with Gasteiger partial charge in [-0.15, -0.1) is 0 Å². The number of nitrogens with zero attached hydrogens (tertiary/aromatic N) is 3. The summed E-state index contributed by atoms with van der Waals surface area (Å²) >= 11 is 0. The maximum atomic E-state index is 11.0. The summed E-state index contributed by atoms with van der Waals surface area (Å²) in [5.41, 5.74) is 2.11. The molecule has 1 aromatic heterocycles. The topological polar surface area (TPSA) is 78.6 Å². The van der Waals surface area contributed by atoms with Crippen LogP contribution in [0.15, 0.2) is 42.7 Å². The van der Waals surface area contributed by atoms with Gasteiger partial charge in [-0.25, -0.2) is 4.68 Å². The van der Waals surface area contributed by atoms with Gasteiger partial charge in [0.05, 0.1) is 17.7 Å². The highest BCUT2D eigenvalue weighted by Crippen LogP contribution is 2.20. The van der Waals surface area contributed by atoms with E-state index >= 15 is 0 Å². The molecule has 0 bridgehead atoms. The van der Waals surface area contributed by atoms with Gasteiger partial charge in [-0.3, -0.25) is 9.69 Å².